The highest BCUT2D eigenvalue weighted by Gasteiger charge is 2.44. The van der Waals surface area contributed by atoms with Crippen molar-refractivity contribution in [3.63, 3.8) is 0 Å². The van der Waals surface area contributed by atoms with Gasteiger partial charge in [0.25, 0.3) is 5.91 Å². The topological polar surface area (TPSA) is 76.2 Å². The van der Waals surface area contributed by atoms with Crippen molar-refractivity contribution in [2.45, 2.75) is 12.8 Å². The number of amides is 2. The summed E-state index contributed by atoms with van der Waals surface area (Å²) in [6.45, 7) is 0.329. The first kappa shape index (κ1) is 20.6. The fourth-order valence-electron chi connectivity index (χ4n) is 2.72. The van der Waals surface area contributed by atoms with Crippen LogP contribution in [0.4, 0.5) is 0 Å². The van der Waals surface area contributed by atoms with E-state index in [-0.39, 0.29) is 19.6 Å². The third-order valence-corrected chi connectivity index (χ3v) is 4.93. The van der Waals surface area contributed by atoms with E-state index in [1.165, 1.54) is 24.0 Å². The number of rotatable bonds is 7. The zero-order valence-electron chi connectivity index (χ0n) is 14.7. The summed E-state index contributed by atoms with van der Waals surface area (Å²) >= 11 is 11.9. The third kappa shape index (κ3) is 4.54. The summed E-state index contributed by atoms with van der Waals surface area (Å²) in [6, 6.07) is 5.04. The predicted octanol–water partition coefficient (Wildman–Crippen LogP) is 1.60. The van der Waals surface area contributed by atoms with E-state index < -0.39 is 29.8 Å². The van der Waals surface area contributed by atoms with Crippen LogP contribution in [-0.4, -0.2) is 68.0 Å². The lowest BCUT2D eigenvalue weighted by molar-refractivity contribution is -0.148. The molecule has 26 heavy (non-hydrogen) atoms. The maximum Gasteiger partial charge on any atom is 0.291 e. The second kappa shape index (κ2) is 8.81. The monoisotopic (exact) mass is 402 g/mol. The van der Waals surface area contributed by atoms with E-state index in [4.69, 9.17) is 32.7 Å². The van der Waals surface area contributed by atoms with E-state index in [1.807, 2.05) is 0 Å². The number of methoxy groups -OCH3 is 2. The average molecular weight is 403 g/mol. The van der Waals surface area contributed by atoms with Gasteiger partial charge < -0.3 is 19.3 Å². The molecule has 0 N–H and O–H groups in total. The van der Waals surface area contributed by atoms with Gasteiger partial charge in [-0.25, -0.2) is 0 Å². The standard InChI is InChI=1S/C17H20Cl2N2O5/c1-20(7-10-4-5-12(18)13(19)6-10)16(23)11-8-21(17(24)15(11)22)9-14(25-2)26-3/h4-6,11,14H,7-9H2,1-3H3. The van der Waals surface area contributed by atoms with Gasteiger partial charge in [0.1, 0.15) is 5.92 Å². The molecule has 0 radical (unpaired) electrons. The number of halogens is 2. The summed E-state index contributed by atoms with van der Waals surface area (Å²) in [5, 5.41) is 0.802. The number of benzene rings is 1. The third-order valence-electron chi connectivity index (χ3n) is 4.19. The fraction of sp³-hybridized carbons (Fsp3) is 0.471. The molecule has 0 aromatic heterocycles. The van der Waals surface area contributed by atoms with Crippen LogP contribution in [0.3, 0.4) is 0 Å². The van der Waals surface area contributed by atoms with E-state index in [0.717, 1.165) is 5.56 Å². The Morgan fingerprint density at radius 3 is 2.50 bits per heavy atom. The molecule has 1 aliphatic heterocycles. The molecular weight excluding hydrogens is 383 g/mol. The molecule has 1 atom stereocenters. The Kier molecular flexibility index (Phi) is 7.00. The van der Waals surface area contributed by atoms with Crippen molar-refractivity contribution in [1.29, 1.82) is 0 Å². The average Bonchev–Trinajstić information content (AvgIpc) is 2.90. The fourth-order valence-corrected chi connectivity index (χ4v) is 3.04. The minimum atomic E-state index is -1.04. The number of likely N-dealkylation sites (tertiary alicyclic amines) is 1. The zero-order valence-corrected chi connectivity index (χ0v) is 16.2. The van der Waals surface area contributed by atoms with Crippen LogP contribution in [0.5, 0.6) is 0 Å². The quantitative estimate of drug-likeness (QED) is 0.393. The van der Waals surface area contributed by atoms with E-state index in [0.29, 0.717) is 10.0 Å². The Morgan fingerprint density at radius 1 is 1.27 bits per heavy atom. The highest BCUT2D eigenvalue weighted by atomic mass is 35.5. The van der Waals surface area contributed by atoms with Gasteiger partial charge in [-0.05, 0) is 17.7 Å². The van der Waals surface area contributed by atoms with Crippen molar-refractivity contribution in [2.24, 2.45) is 5.92 Å². The minimum absolute atomic E-state index is 0.00539. The SMILES string of the molecule is COC(CN1CC(C(=O)N(C)Cc2ccc(Cl)c(Cl)c2)C(=O)C1=O)OC. The molecule has 2 rings (SSSR count). The lowest BCUT2D eigenvalue weighted by Crippen LogP contribution is -2.37. The molecule has 1 aliphatic rings. The van der Waals surface area contributed by atoms with Gasteiger partial charge >= 0.3 is 0 Å². The van der Waals surface area contributed by atoms with Crippen LogP contribution in [0.1, 0.15) is 5.56 Å². The van der Waals surface area contributed by atoms with Crippen molar-refractivity contribution in [1.82, 2.24) is 9.80 Å². The number of carbonyl (C=O) groups is 3. The van der Waals surface area contributed by atoms with Crippen molar-refractivity contribution in [3.8, 4) is 0 Å². The first-order chi connectivity index (χ1) is 12.3. The zero-order chi connectivity index (χ0) is 19.4. The lowest BCUT2D eigenvalue weighted by Gasteiger charge is -2.22. The summed E-state index contributed by atoms with van der Waals surface area (Å²) in [6.07, 6.45) is -0.658. The van der Waals surface area contributed by atoms with Gasteiger partial charge in [0.2, 0.25) is 11.7 Å². The number of hydrogen-bond acceptors (Lipinski definition) is 5. The predicted molar refractivity (Wildman–Crippen MR) is 95.8 cm³/mol. The van der Waals surface area contributed by atoms with Crippen molar-refractivity contribution < 1.29 is 23.9 Å². The second-order valence-electron chi connectivity index (χ2n) is 5.97. The molecular formula is C17H20Cl2N2O5. The first-order valence-corrected chi connectivity index (χ1v) is 8.61. The van der Waals surface area contributed by atoms with Gasteiger partial charge in [-0.3, -0.25) is 14.4 Å². The Hall–Kier alpha value is -1.67. The number of ketones is 1. The number of ether oxygens (including phenoxy) is 2. The molecule has 1 aromatic carbocycles. The molecule has 1 fully saturated rings. The molecule has 1 unspecified atom stereocenters. The normalized spacial score (nSPS) is 17.3. The summed E-state index contributed by atoms with van der Waals surface area (Å²) in [7, 11) is 4.44. The van der Waals surface area contributed by atoms with Crippen LogP contribution >= 0.6 is 23.2 Å². The van der Waals surface area contributed by atoms with Crippen LogP contribution in [0.15, 0.2) is 18.2 Å². The molecule has 0 spiro atoms. The number of nitrogens with zero attached hydrogens (tertiary/aromatic N) is 2. The number of hydrogen-bond donors (Lipinski definition) is 0. The molecule has 0 saturated carbocycles. The highest BCUT2D eigenvalue weighted by molar-refractivity contribution is 6.42. The molecule has 0 bridgehead atoms. The summed E-state index contributed by atoms with van der Waals surface area (Å²) in [4.78, 5) is 39.6. The van der Waals surface area contributed by atoms with E-state index >= 15 is 0 Å². The molecule has 2 amide bonds. The van der Waals surface area contributed by atoms with Crippen LogP contribution < -0.4 is 0 Å². The second-order valence-corrected chi connectivity index (χ2v) is 6.79. The summed E-state index contributed by atoms with van der Waals surface area (Å²) in [5.41, 5.74) is 0.766. The van der Waals surface area contributed by atoms with E-state index in [2.05, 4.69) is 0 Å². The molecule has 1 aromatic rings. The Morgan fingerprint density at radius 2 is 1.92 bits per heavy atom. The van der Waals surface area contributed by atoms with Crippen molar-refractivity contribution in [2.75, 3.05) is 34.4 Å². The van der Waals surface area contributed by atoms with Gasteiger partial charge in [-0.2, -0.15) is 0 Å². The highest BCUT2D eigenvalue weighted by Crippen LogP contribution is 2.24. The van der Waals surface area contributed by atoms with Gasteiger partial charge in [-0.1, -0.05) is 29.3 Å². The molecule has 7 nitrogen and oxygen atoms in total. The molecule has 142 valence electrons. The summed E-state index contributed by atoms with van der Waals surface area (Å²) < 4.78 is 10.1. The Labute approximate surface area is 161 Å². The van der Waals surface area contributed by atoms with Crippen LogP contribution in [0, 0.1) is 5.92 Å². The Balaban J connectivity index is 2.04. The van der Waals surface area contributed by atoms with Crippen molar-refractivity contribution in [3.05, 3.63) is 33.8 Å². The summed E-state index contributed by atoms with van der Waals surface area (Å²) in [5.74, 6) is -2.89. The van der Waals surface area contributed by atoms with Gasteiger partial charge in [0.15, 0.2) is 6.29 Å². The number of carbonyl (C=O) groups excluding carboxylic acids is 3. The number of Topliss-reactive ketones (excluding diaryl/α,β-unsaturated/α-hetero) is 1. The molecule has 9 heteroatoms. The first-order valence-electron chi connectivity index (χ1n) is 7.86. The molecule has 1 saturated heterocycles. The molecule has 1 heterocycles. The van der Waals surface area contributed by atoms with Gasteiger partial charge in [0.05, 0.1) is 16.6 Å². The van der Waals surface area contributed by atoms with Crippen LogP contribution in [0.25, 0.3) is 0 Å². The van der Waals surface area contributed by atoms with E-state index in [9.17, 15) is 14.4 Å². The maximum atomic E-state index is 12.6. The Bertz CT molecular complexity index is 708. The van der Waals surface area contributed by atoms with E-state index in [1.54, 1.807) is 25.2 Å². The van der Waals surface area contributed by atoms with Crippen molar-refractivity contribution >= 4 is 40.8 Å². The minimum Gasteiger partial charge on any atom is -0.354 e. The lowest BCUT2D eigenvalue weighted by atomic mass is 10.1. The van der Waals surface area contributed by atoms with Gasteiger partial charge in [0, 0.05) is 34.4 Å². The largest absolute Gasteiger partial charge is 0.354 e. The van der Waals surface area contributed by atoms with Gasteiger partial charge in [-0.15, -0.1) is 0 Å². The van der Waals surface area contributed by atoms with Crippen LogP contribution in [0.2, 0.25) is 10.0 Å². The smallest absolute Gasteiger partial charge is 0.291 e. The van der Waals surface area contributed by atoms with Crippen LogP contribution in [-0.2, 0) is 30.4 Å². The maximum absolute atomic E-state index is 12.6. The molecule has 0 aliphatic carbocycles.